The maximum Gasteiger partial charge on any atom is 0.306 e. The van der Waals surface area contributed by atoms with Crippen LogP contribution in [0.25, 0.3) is 0 Å². The molecule has 0 heterocycles. The van der Waals surface area contributed by atoms with Gasteiger partial charge in [0, 0.05) is 24.1 Å². The van der Waals surface area contributed by atoms with Crippen molar-refractivity contribution in [1.82, 2.24) is 0 Å². The number of non-ortho nitro benzene ring substituents is 1. The van der Waals surface area contributed by atoms with E-state index in [1.165, 1.54) is 24.3 Å². The van der Waals surface area contributed by atoms with Gasteiger partial charge in [-0.25, -0.2) is 0 Å². The first-order valence-corrected chi connectivity index (χ1v) is 6.99. The number of nitrogens with zero attached hydrogens (tertiary/aromatic N) is 1. The van der Waals surface area contributed by atoms with Gasteiger partial charge in [0.2, 0.25) is 5.78 Å². The van der Waals surface area contributed by atoms with Crippen LogP contribution in [0.2, 0.25) is 0 Å². The summed E-state index contributed by atoms with van der Waals surface area (Å²) in [6.07, 6.45) is 4.71. The molecule has 0 saturated heterocycles. The molecule has 2 rings (SSSR count). The number of benzene rings is 1. The summed E-state index contributed by atoms with van der Waals surface area (Å²) in [6, 6.07) is 5.40. The molecule has 0 radical (unpaired) electrons. The van der Waals surface area contributed by atoms with Gasteiger partial charge < -0.3 is 4.74 Å². The zero-order valence-corrected chi connectivity index (χ0v) is 11.6. The second kappa shape index (κ2) is 6.97. The molecule has 0 amide bonds. The standard InChI is InChI=1S/C15H17NO5/c17-14(12-6-3-7-13(9-12)16(19)20)10-21-15(18)8-11-4-1-2-5-11/h3,6-7,9,11H,1-2,4-5,8,10H2. The van der Waals surface area contributed by atoms with Gasteiger partial charge in [-0.05, 0) is 18.8 Å². The molecule has 21 heavy (non-hydrogen) atoms. The van der Waals surface area contributed by atoms with Crippen molar-refractivity contribution in [2.45, 2.75) is 32.1 Å². The van der Waals surface area contributed by atoms with Crippen LogP contribution in [0.3, 0.4) is 0 Å². The third kappa shape index (κ3) is 4.37. The fourth-order valence-electron chi connectivity index (χ4n) is 2.53. The Kier molecular flexibility index (Phi) is 5.03. The maximum absolute atomic E-state index is 11.9. The van der Waals surface area contributed by atoms with Crippen LogP contribution in [0.1, 0.15) is 42.5 Å². The quantitative estimate of drug-likeness (QED) is 0.348. The van der Waals surface area contributed by atoms with Crippen LogP contribution < -0.4 is 0 Å². The highest BCUT2D eigenvalue weighted by molar-refractivity contribution is 5.98. The first-order valence-electron chi connectivity index (χ1n) is 6.99. The van der Waals surface area contributed by atoms with Gasteiger partial charge in [-0.2, -0.15) is 0 Å². The molecular weight excluding hydrogens is 274 g/mol. The highest BCUT2D eigenvalue weighted by Gasteiger charge is 2.20. The molecule has 0 spiro atoms. The molecule has 0 N–H and O–H groups in total. The fourth-order valence-corrected chi connectivity index (χ4v) is 2.53. The Morgan fingerprint density at radius 3 is 2.67 bits per heavy atom. The molecule has 1 aliphatic rings. The average Bonchev–Trinajstić information content (AvgIpc) is 2.97. The zero-order chi connectivity index (χ0) is 15.2. The third-order valence-electron chi connectivity index (χ3n) is 3.67. The number of carbonyl (C=O) groups is 2. The Labute approximate surface area is 122 Å². The smallest absolute Gasteiger partial charge is 0.306 e. The van der Waals surface area contributed by atoms with E-state index in [1.54, 1.807) is 0 Å². The van der Waals surface area contributed by atoms with Crippen molar-refractivity contribution in [2.24, 2.45) is 5.92 Å². The lowest BCUT2D eigenvalue weighted by Crippen LogP contribution is -2.16. The van der Waals surface area contributed by atoms with Crippen LogP contribution >= 0.6 is 0 Å². The van der Waals surface area contributed by atoms with Gasteiger partial charge >= 0.3 is 5.97 Å². The molecule has 1 aromatic carbocycles. The van der Waals surface area contributed by atoms with Gasteiger partial charge in [-0.3, -0.25) is 19.7 Å². The minimum absolute atomic E-state index is 0.155. The van der Waals surface area contributed by atoms with Crippen LogP contribution in [-0.2, 0) is 9.53 Å². The molecule has 0 unspecified atom stereocenters. The van der Waals surface area contributed by atoms with Gasteiger partial charge in [0.15, 0.2) is 6.61 Å². The lowest BCUT2D eigenvalue weighted by molar-refractivity contribution is -0.384. The van der Waals surface area contributed by atoms with Crippen molar-refractivity contribution in [3.8, 4) is 0 Å². The minimum Gasteiger partial charge on any atom is -0.457 e. The molecule has 0 aliphatic heterocycles. The van der Waals surface area contributed by atoms with Gasteiger partial charge in [-0.1, -0.05) is 25.0 Å². The molecule has 112 valence electrons. The molecule has 0 aromatic heterocycles. The number of hydrogen-bond donors (Lipinski definition) is 0. The zero-order valence-electron chi connectivity index (χ0n) is 11.6. The van der Waals surface area contributed by atoms with Crippen LogP contribution in [-0.4, -0.2) is 23.3 Å². The summed E-state index contributed by atoms with van der Waals surface area (Å²) in [4.78, 5) is 33.6. The number of rotatable bonds is 6. The average molecular weight is 291 g/mol. The summed E-state index contributed by atoms with van der Waals surface area (Å²) in [6.45, 7) is -0.368. The SMILES string of the molecule is O=C(CC1CCCC1)OCC(=O)c1cccc([N+](=O)[O-])c1. The molecule has 6 heteroatoms. The Hall–Kier alpha value is -2.24. The van der Waals surface area contributed by atoms with E-state index in [-0.39, 0.29) is 23.8 Å². The molecule has 1 aliphatic carbocycles. The highest BCUT2D eigenvalue weighted by Crippen LogP contribution is 2.27. The Balaban J connectivity index is 1.85. The number of carbonyl (C=O) groups excluding carboxylic acids is 2. The minimum atomic E-state index is -0.567. The van der Waals surface area contributed by atoms with Crippen LogP contribution in [0.5, 0.6) is 0 Å². The molecule has 1 fully saturated rings. The van der Waals surface area contributed by atoms with Crippen molar-refractivity contribution in [1.29, 1.82) is 0 Å². The number of ketones is 1. The van der Waals surface area contributed by atoms with Gasteiger partial charge in [0.05, 0.1) is 4.92 Å². The van der Waals surface area contributed by atoms with E-state index in [4.69, 9.17) is 4.74 Å². The second-order valence-corrected chi connectivity index (χ2v) is 5.25. The Morgan fingerprint density at radius 1 is 1.29 bits per heavy atom. The van der Waals surface area contributed by atoms with E-state index in [2.05, 4.69) is 0 Å². The summed E-state index contributed by atoms with van der Waals surface area (Å²) in [5.41, 5.74) is 0.0241. The summed E-state index contributed by atoms with van der Waals surface area (Å²) < 4.78 is 4.96. The maximum atomic E-state index is 11.9. The fraction of sp³-hybridized carbons (Fsp3) is 0.467. The Morgan fingerprint density at radius 2 is 2.00 bits per heavy atom. The van der Waals surface area contributed by atoms with Gasteiger partial charge in [0.1, 0.15) is 0 Å². The van der Waals surface area contributed by atoms with Crippen molar-refractivity contribution in [3.05, 3.63) is 39.9 Å². The molecule has 1 aromatic rings. The van der Waals surface area contributed by atoms with Crippen molar-refractivity contribution in [2.75, 3.05) is 6.61 Å². The topological polar surface area (TPSA) is 86.5 Å². The lowest BCUT2D eigenvalue weighted by Gasteiger charge is -2.08. The molecule has 0 atom stereocenters. The van der Waals surface area contributed by atoms with E-state index < -0.39 is 10.7 Å². The second-order valence-electron chi connectivity index (χ2n) is 5.25. The molecular formula is C15H17NO5. The Bertz CT molecular complexity index is 549. The van der Waals surface area contributed by atoms with Gasteiger partial charge in [-0.15, -0.1) is 0 Å². The van der Waals surface area contributed by atoms with E-state index >= 15 is 0 Å². The number of hydrogen-bond acceptors (Lipinski definition) is 5. The number of nitro groups is 1. The number of nitro benzene ring substituents is 1. The lowest BCUT2D eigenvalue weighted by atomic mass is 10.0. The van der Waals surface area contributed by atoms with E-state index in [9.17, 15) is 19.7 Å². The molecule has 0 bridgehead atoms. The first kappa shape index (κ1) is 15.2. The number of Topliss-reactive ketones (excluding diaryl/α,β-unsaturated/α-hetero) is 1. The van der Waals surface area contributed by atoms with Crippen LogP contribution in [0.4, 0.5) is 5.69 Å². The summed E-state index contributed by atoms with van der Waals surface area (Å²) in [7, 11) is 0. The normalized spacial score (nSPS) is 14.9. The number of ether oxygens (including phenoxy) is 1. The molecule has 6 nitrogen and oxygen atoms in total. The predicted octanol–water partition coefficient (Wildman–Crippen LogP) is 2.90. The summed E-state index contributed by atoms with van der Waals surface area (Å²) in [5.74, 6) is -0.440. The summed E-state index contributed by atoms with van der Waals surface area (Å²) in [5, 5.41) is 10.6. The largest absolute Gasteiger partial charge is 0.457 e. The van der Waals surface area contributed by atoms with E-state index in [0.717, 1.165) is 25.7 Å². The van der Waals surface area contributed by atoms with Crippen molar-refractivity contribution >= 4 is 17.4 Å². The van der Waals surface area contributed by atoms with Crippen molar-refractivity contribution in [3.63, 3.8) is 0 Å². The van der Waals surface area contributed by atoms with Crippen LogP contribution in [0.15, 0.2) is 24.3 Å². The van der Waals surface area contributed by atoms with E-state index in [1.807, 2.05) is 0 Å². The predicted molar refractivity (Wildman–Crippen MR) is 75.0 cm³/mol. The molecule has 1 saturated carbocycles. The van der Waals surface area contributed by atoms with Crippen molar-refractivity contribution < 1.29 is 19.2 Å². The van der Waals surface area contributed by atoms with Gasteiger partial charge in [0.25, 0.3) is 5.69 Å². The first-order chi connectivity index (χ1) is 10.1. The highest BCUT2D eigenvalue weighted by atomic mass is 16.6. The van der Waals surface area contributed by atoms with E-state index in [0.29, 0.717) is 12.3 Å². The number of esters is 1. The van der Waals surface area contributed by atoms with Crippen LogP contribution in [0, 0.1) is 16.0 Å². The summed E-state index contributed by atoms with van der Waals surface area (Å²) >= 11 is 0. The monoisotopic (exact) mass is 291 g/mol. The third-order valence-corrected chi connectivity index (χ3v) is 3.67.